The van der Waals surface area contributed by atoms with Gasteiger partial charge in [-0.2, -0.15) is 15.0 Å². The van der Waals surface area contributed by atoms with Crippen molar-refractivity contribution >= 4 is 23.5 Å². The molecule has 0 bridgehead atoms. The quantitative estimate of drug-likeness (QED) is 0.842. The van der Waals surface area contributed by atoms with E-state index in [2.05, 4.69) is 15.5 Å². The monoisotopic (exact) mass is 347 g/mol. The first-order chi connectivity index (χ1) is 11.5. The lowest BCUT2D eigenvalue weighted by Crippen LogP contribution is -2.43. The molecule has 3 amide bonds. The van der Waals surface area contributed by atoms with Crippen molar-refractivity contribution in [2.75, 3.05) is 0 Å². The van der Waals surface area contributed by atoms with Gasteiger partial charge in [-0.15, -0.1) is 0 Å². The van der Waals surface area contributed by atoms with Gasteiger partial charge in [-0.1, -0.05) is 30.7 Å². The molecule has 1 saturated heterocycles. The van der Waals surface area contributed by atoms with E-state index in [4.69, 9.17) is 11.6 Å². The number of imide groups is 1. The molecule has 126 valence electrons. The number of nitrogens with one attached hydrogen (secondary N) is 1. The number of urea groups is 1. The average Bonchev–Trinajstić information content (AvgIpc) is 3.14. The van der Waals surface area contributed by atoms with Crippen molar-refractivity contribution in [1.29, 1.82) is 0 Å². The number of aromatic nitrogens is 3. The number of aryl methyl sites for hydroxylation is 1. The molecular weight excluding hydrogens is 330 g/mol. The Bertz CT molecular complexity index is 773. The summed E-state index contributed by atoms with van der Waals surface area (Å²) in [5.74, 6) is -0.289. The van der Waals surface area contributed by atoms with Gasteiger partial charge in [0.1, 0.15) is 11.2 Å². The fourth-order valence-electron chi connectivity index (χ4n) is 2.86. The number of halogens is 1. The molecule has 1 aromatic carbocycles. The Balaban J connectivity index is 1.90. The van der Waals surface area contributed by atoms with Crippen molar-refractivity contribution < 1.29 is 9.59 Å². The van der Waals surface area contributed by atoms with Gasteiger partial charge in [0, 0.05) is 5.02 Å². The normalized spacial score (nSPS) is 20.5. The molecule has 2 heterocycles. The number of carbonyl (C=O) groups excluding carboxylic acids is 2. The van der Waals surface area contributed by atoms with Crippen LogP contribution in [-0.2, 0) is 23.4 Å². The molecular formula is C16H18ClN5O2. The fourth-order valence-corrected chi connectivity index (χ4v) is 2.99. The van der Waals surface area contributed by atoms with E-state index in [9.17, 15) is 9.59 Å². The van der Waals surface area contributed by atoms with E-state index in [0.717, 1.165) is 0 Å². The van der Waals surface area contributed by atoms with E-state index in [1.807, 2.05) is 13.8 Å². The molecule has 1 aliphatic heterocycles. The van der Waals surface area contributed by atoms with Crippen LogP contribution in [0.3, 0.4) is 0 Å². The summed E-state index contributed by atoms with van der Waals surface area (Å²) in [4.78, 5) is 28.1. The molecule has 8 heteroatoms. The van der Waals surface area contributed by atoms with Gasteiger partial charge in [0.2, 0.25) is 0 Å². The molecule has 0 radical (unpaired) electrons. The molecule has 1 fully saturated rings. The Hall–Kier alpha value is -2.41. The summed E-state index contributed by atoms with van der Waals surface area (Å²) in [5.41, 5.74) is 0.221. The van der Waals surface area contributed by atoms with Crippen molar-refractivity contribution in [1.82, 2.24) is 25.2 Å². The number of hydrogen-bond acceptors (Lipinski definition) is 4. The maximum absolute atomic E-state index is 13.0. The summed E-state index contributed by atoms with van der Waals surface area (Å²) in [6.45, 7) is 4.51. The van der Waals surface area contributed by atoms with Crippen LogP contribution >= 0.6 is 11.6 Å². The Kier molecular flexibility index (Phi) is 4.28. The van der Waals surface area contributed by atoms with Gasteiger partial charge in [0.05, 0.1) is 19.3 Å². The summed E-state index contributed by atoms with van der Waals surface area (Å²) < 4.78 is 0. The van der Waals surface area contributed by atoms with E-state index in [1.54, 1.807) is 30.5 Å². The first-order valence-corrected chi connectivity index (χ1v) is 8.17. The van der Waals surface area contributed by atoms with Crippen LogP contribution in [0.15, 0.2) is 30.5 Å². The molecule has 3 rings (SSSR count). The Morgan fingerprint density at radius 2 is 1.92 bits per heavy atom. The maximum atomic E-state index is 13.0. The standard InChI is InChI=1S/C16H18ClN5O2/c1-3-16(11-5-7-12(17)8-6-11)14(23)21(15(24)19-16)10-13-9-18-22(4-2)20-13/h5-9H,3-4,10H2,1-2H3,(H,19,24). The second-order valence-corrected chi connectivity index (χ2v) is 6.05. The highest BCUT2D eigenvalue weighted by molar-refractivity contribution is 6.30. The predicted octanol–water partition coefficient (Wildman–Crippen LogP) is 2.31. The molecule has 0 spiro atoms. The zero-order valence-electron chi connectivity index (χ0n) is 13.5. The van der Waals surface area contributed by atoms with Crippen molar-refractivity contribution in [2.45, 2.75) is 38.9 Å². The minimum atomic E-state index is -1.07. The molecule has 24 heavy (non-hydrogen) atoms. The lowest BCUT2D eigenvalue weighted by Gasteiger charge is -2.25. The lowest BCUT2D eigenvalue weighted by atomic mass is 9.87. The van der Waals surface area contributed by atoms with E-state index in [1.165, 1.54) is 9.70 Å². The summed E-state index contributed by atoms with van der Waals surface area (Å²) >= 11 is 5.92. The molecule has 1 aromatic heterocycles. The van der Waals surface area contributed by atoms with Crippen LogP contribution in [0.2, 0.25) is 5.02 Å². The number of rotatable bonds is 5. The smallest absolute Gasteiger partial charge is 0.319 e. The van der Waals surface area contributed by atoms with E-state index in [0.29, 0.717) is 29.2 Å². The van der Waals surface area contributed by atoms with Crippen LogP contribution in [0, 0.1) is 0 Å². The molecule has 1 aliphatic rings. The van der Waals surface area contributed by atoms with Crippen molar-refractivity contribution in [2.24, 2.45) is 0 Å². The second-order valence-electron chi connectivity index (χ2n) is 5.61. The SMILES string of the molecule is CCn1ncc(CN2C(=O)NC(CC)(c3ccc(Cl)cc3)C2=O)n1. The van der Waals surface area contributed by atoms with E-state index < -0.39 is 11.6 Å². The maximum Gasteiger partial charge on any atom is 0.325 e. The van der Waals surface area contributed by atoms with Crippen LogP contribution in [0.4, 0.5) is 4.79 Å². The molecule has 2 aromatic rings. The number of carbonyl (C=O) groups is 2. The lowest BCUT2D eigenvalue weighted by molar-refractivity contribution is -0.132. The van der Waals surface area contributed by atoms with Crippen LogP contribution in [0.1, 0.15) is 31.5 Å². The van der Waals surface area contributed by atoms with Crippen molar-refractivity contribution in [3.05, 3.63) is 46.7 Å². The number of nitrogens with zero attached hydrogens (tertiary/aromatic N) is 4. The molecule has 0 aliphatic carbocycles. The van der Waals surface area contributed by atoms with Crippen LogP contribution in [0.25, 0.3) is 0 Å². The van der Waals surface area contributed by atoms with Crippen molar-refractivity contribution in [3.8, 4) is 0 Å². The highest BCUT2D eigenvalue weighted by Gasteiger charge is 2.51. The zero-order chi connectivity index (χ0) is 17.3. The van der Waals surface area contributed by atoms with Gasteiger partial charge in [0.15, 0.2) is 0 Å². The van der Waals surface area contributed by atoms with Gasteiger partial charge in [-0.25, -0.2) is 4.79 Å². The highest BCUT2D eigenvalue weighted by atomic mass is 35.5. The van der Waals surface area contributed by atoms with Gasteiger partial charge < -0.3 is 5.32 Å². The molecule has 1 unspecified atom stereocenters. The largest absolute Gasteiger partial charge is 0.325 e. The average molecular weight is 348 g/mol. The zero-order valence-corrected chi connectivity index (χ0v) is 14.2. The first kappa shape index (κ1) is 16.4. The topological polar surface area (TPSA) is 80.1 Å². The second kappa shape index (κ2) is 6.24. The third kappa shape index (κ3) is 2.65. The predicted molar refractivity (Wildman–Crippen MR) is 88.2 cm³/mol. The van der Waals surface area contributed by atoms with Gasteiger partial charge in [0.25, 0.3) is 5.91 Å². The van der Waals surface area contributed by atoms with Gasteiger partial charge >= 0.3 is 6.03 Å². The summed E-state index contributed by atoms with van der Waals surface area (Å²) in [7, 11) is 0. The Morgan fingerprint density at radius 1 is 1.21 bits per heavy atom. The molecule has 1 N–H and O–H groups in total. The highest BCUT2D eigenvalue weighted by Crippen LogP contribution is 2.33. The van der Waals surface area contributed by atoms with Gasteiger partial charge in [-0.3, -0.25) is 9.69 Å². The molecule has 7 nitrogen and oxygen atoms in total. The number of amides is 3. The third-order valence-electron chi connectivity index (χ3n) is 4.23. The van der Waals surface area contributed by atoms with Crippen LogP contribution in [-0.4, -0.2) is 31.8 Å². The first-order valence-electron chi connectivity index (χ1n) is 7.79. The number of hydrogen-bond donors (Lipinski definition) is 1. The number of benzene rings is 1. The van der Waals surface area contributed by atoms with Crippen LogP contribution in [0.5, 0.6) is 0 Å². The minimum absolute atomic E-state index is 0.0972. The van der Waals surface area contributed by atoms with E-state index in [-0.39, 0.29) is 12.5 Å². The summed E-state index contributed by atoms with van der Waals surface area (Å²) in [6, 6.07) is 6.52. The summed E-state index contributed by atoms with van der Waals surface area (Å²) in [5, 5.41) is 11.7. The van der Waals surface area contributed by atoms with Crippen molar-refractivity contribution in [3.63, 3.8) is 0 Å². The Labute approximate surface area is 144 Å². The fraction of sp³-hybridized carbons (Fsp3) is 0.375. The molecule has 1 atom stereocenters. The third-order valence-corrected chi connectivity index (χ3v) is 4.48. The van der Waals surface area contributed by atoms with E-state index >= 15 is 0 Å². The van der Waals surface area contributed by atoms with Crippen LogP contribution < -0.4 is 5.32 Å². The summed E-state index contributed by atoms with van der Waals surface area (Å²) in [6.07, 6.45) is 2.01. The van der Waals surface area contributed by atoms with Gasteiger partial charge in [-0.05, 0) is 31.0 Å². The molecule has 0 saturated carbocycles. The minimum Gasteiger partial charge on any atom is -0.319 e. The Morgan fingerprint density at radius 3 is 2.50 bits per heavy atom.